The van der Waals surface area contributed by atoms with Crippen LogP contribution in [0.1, 0.15) is 0 Å². The van der Waals surface area contributed by atoms with Crippen molar-refractivity contribution in [3.05, 3.63) is 0 Å². The smallest absolute Gasteiger partial charge is 0.284 e. The van der Waals surface area contributed by atoms with E-state index in [9.17, 15) is 21.0 Å². The van der Waals surface area contributed by atoms with Gasteiger partial charge >= 0.3 is 21.8 Å². The van der Waals surface area contributed by atoms with Crippen molar-refractivity contribution in [2.24, 2.45) is 0 Å². The molecule has 16 heavy (non-hydrogen) atoms. The molecular formula is C4H10O9S3. The van der Waals surface area contributed by atoms with Gasteiger partial charge in [0.1, 0.15) is 0 Å². The molecule has 0 aromatic rings. The van der Waals surface area contributed by atoms with Crippen molar-refractivity contribution in [2.75, 3.05) is 24.7 Å². The van der Waals surface area contributed by atoms with E-state index in [2.05, 4.69) is 8.37 Å². The van der Waals surface area contributed by atoms with Crippen molar-refractivity contribution in [1.82, 2.24) is 0 Å². The first kappa shape index (κ1) is 15.9. The second-order valence-electron chi connectivity index (χ2n) is 2.44. The number of rotatable bonds is 8. The minimum atomic E-state index is -4.66. The average Bonchev–Trinajstić information content (AvgIpc) is 1.99. The molecule has 0 aliphatic heterocycles. The van der Waals surface area contributed by atoms with Crippen LogP contribution in [0.25, 0.3) is 0 Å². The van der Waals surface area contributed by atoms with Gasteiger partial charge in [0.15, 0.2) is 9.84 Å². The van der Waals surface area contributed by atoms with Crippen LogP contribution in [0.15, 0.2) is 0 Å². The van der Waals surface area contributed by atoms with Gasteiger partial charge in [-0.1, -0.05) is 0 Å². The summed E-state index contributed by atoms with van der Waals surface area (Å²) in [7, 11) is -8.34. The van der Waals surface area contributed by atoms with Crippen molar-refractivity contribution in [2.45, 2.75) is 0 Å². The molecule has 9 nitrogen and oxygen atoms in total. The summed E-state index contributed by atoms with van der Waals surface area (Å²) in [4.78, 5) is 0. The van der Waals surface area contributed by atoms with E-state index >= 15 is 0 Å². The molecule has 0 rings (SSSR count). The largest absolute Gasteiger partial charge is 0.397 e. The van der Waals surface area contributed by atoms with Gasteiger partial charge in [-0.25, -0.2) is 12.6 Å². The van der Waals surface area contributed by atoms with Crippen LogP contribution in [0.5, 0.6) is 0 Å². The molecular weight excluding hydrogens is 288 g/mol. The van der Waals surface area contributed by atoms with E-state index in [1.54, 1.807) is 0 Å². The van der Waals surface area contributed by atoms with Gasteiger partial charge in [-0.05, 0) is 0 Å². The SMILES string of the molecule is O=S(O)OCCS(=O)(=O)CCOS(=O)(=O)O. The van der Waals surface area contributed by atoms with E-state index in [0.29, 0.717) is 0 Å². The summed E-state index contributed by atoms with van der Waals surface area (Å²) in [5, 5.41) is 0. The highest BCUT2D eigenvalue weighted by atomic mass is 32.3. The highest BCUT2D eigenvalue weighted by Crippen LogP contribution is 1.94. The van der Waals surface area contributed by atoms with Crippen molar-refractivity contribution in [3.8, 4) is 0 Å². The first-order valence-corrected chi connectivity index (χ1v) is 7.90. The molecule has 0 spiro atoms. The lowest BCUT2D eigenvalue weighted by atomic mass is 10.9. The van der Waals surface area contributed by atoms with Crippen molar-refractivity contribution < 1.29 is 38.5 Å². The van der Waals surface area contributed by atoms with Crippen LogP contribution in [-0.4, -0.2) is 54.9 Å². The molecule has 0 aromatic carbocycles. The molecule has 0 aliphatic rings. The molecule has 98 valence electrons. The Morgan fingerprint density at radius 3 is 2.00 bits per heavy atom. The van der Waals surface area contributed by atoms with Gasteiger partial charge < -0.3 is 0 Å². The third kappa shape index (κ3) is 10.4. The quantitative estimate of drug-likeness (QED) is 0.398. The molecule has 12 heteroatoms. The zero-order chi connectivity index (χ0) is 12.8. The average molecular weight is 298 g/mol. The second-order valence-corrected chi connectivity index (χ2v) is 6.51. The fourth-order valence-electron chi connectivity index (χ4n) is 0.601. The Morgan fingerprint density at radius 1 is 1.06 bits per heavy atom. The number of sulfone groups is 1. The topological polar surface area (TPSA) is 144 Å². The van der Waals surface area contributed by atoms with Gasteiger partial charge in [0, 0.05) is 0 Å². The van der Waals surface area contributed by atoms with Crippen molar-refractivity contribution in [3.63, 3.8) is 0 Å². The summed E-state index contributed by atoms with van der Waals surface area (Å²) in [5.74, 6) is -1.22. The third-order valence-electron chi connectivity index (χ3n) is 1.21. The lowest BCUT2D eigenvalue weighted by Crippen LogP contribution is -2.20. The molecule has 0 heterocycles. The minimum absolute atomic E-state index is 0.503. The molecule has 1 unspecified atom stereocenters. The normalized spacial score (nSPS) is 14.9. The molecule has 0 aliphatic carbocycles. The van der Waals surface area contributed by atoms with E-state index in [1.165, 1.54) is 0 Å². The summed E-state index contributed by atoms with van der Waals surface area (Å²) in [5.41, 5.74) is 0. The van der Waals surface area contributed by atoms with Gasteiger partial charge in [-0.3, -0.25) is 13.3 Å². The first-order valence-electron chi connectivity index (χ1n) is 3.69. The summed E-state index contributed by atoms with van der Waals surface area (Å²) in [6.45, 7) is -1.24. The van der Waals surface area contributed by atoms with Gasteiger partial charge in [0.25, 0.3) is 0 Å². The summed E-state index contributed by atoms with van der Waals surface area (Å²) < 4.78 is 76.4. The summed E-state index contributed by atoms with van der Waals surface area (Å²) >= 11 is -2.55. The van der Waals surface area contributed by atoms with E-state index < -0.39 is 56.3 Å². The van der Waals surface area contributed by atoms with Crippen LogP contribution in [0.4, 0.5) is 0 Å². The van der Waals surface area contributed by atoms with Gasteiger partial charge in [0.05, 0.1) is 24.7 Å². The Bertz CT molecular complexity index is 420. The molecule has 0 aromatic heterocycles. The highest BCUT2D eigenvalue weighted by molar-refractivity contribution is 7.91. The van der Waals surface area contributed by atoms with Crippen LogP contribution in [0.2, 0.25) is 0 Å². The van der Waals surface area contributed by atoms with Gasteiger partial charge in [-0.2, -0.15) is 12.6 Å². The Labute approximate surface area is 95.1 Å². The molecule has 0 fully saturated rings. The molecule has 0 radical (unpaired) electrons. The van der Waals surface area contributed by atoms with Gasteiger partial charge in [0.2, 0.25) is 0 Å². The van der Waals surface area contributed by atoms with Gasteiger partial charge in [-0.15, -0.1) is 0 Å². The van der Waals surface area contributed by atoms with Crippen molar-refractivity contribution in [1.29, 1.82) is 0 Å². The first-order chi connectivity index (χ1) is 7.12. The molecule has 2 N–H and O–H groups in total. The Balaban J connectivity index is 3.93. The molecule has 1 atom stereocenters. The fourth-order valence-corrected chi connectivity index (χ4v) is 2.21. The number of hydrogen-bond donors (Lipinski definition) is 2. The van der Waals surface area contributed by atoms with Crippen molar-refractivity contribution >= 4 is 31.6 Å². The third-order valence-corrected chi connectivity index (χ3v) is 3.62. The monoisotopic (exact) mass is 298 g/mol. The van der Waals surface area contributed by atoms with Crippen LogP contribution < -0.4 is 0 Å². The van der Waals surface area contributed by atoms with Crippen LogP contribution >= 0.6 is 0 Å². The zero-order valence-corrected chi connectivity index (χ0v) is 10.3. The van der Waals surface area contributed by atoms with Crippen LogP contribution in [0.3, 0.4) is 0 Å². The number of hydrogen-bond acceptors (Lipinski definition) is 7. The second kappa shape index (κ2) is 6.58. The lowest BCUT2D eigenvalue weighted by molar-refractivity contribution is 0.283. The standard InChI is InChI=1S/C4H10O9S3/c5-14(6)12-1-3-15(7,8)4-2-13-16(9,10)11/h1-4H2,(H,5,6)(H,9,10,11). The minimum Gasteiger partial charge on any atom is -0.284 e. The predicted octanol–water partition coefficient (Wildman–Crippen LogP) is -1.63. The highest BCUT2D eigenvalue weighted by Gasteiger charge is 2.14. The lowest BCUT2D eigenvalue weighted by Gasteiger charge is -2.02. The fraction of sp³-hybridized carbons (Fsp3) is 1.00. The predicted molar refractivity (Wildman–Crippen MR) is 52.9 cm³/mol. The van der Waals surface area contributed by atoms with E-state index in [-0.39, 0.29) is 0 Å². The zero-order valence-electron chi connectivity index (χ0n) is 7.81. The van der Waals surface area contributed by atoms with E-state index in [1.807, 2.05) is 0 Å². The van der Waals surface area contributed by atoms with E-state index in [0.717, 1.165) is 0 Å². The molecule has 0 saturated heterocycles. The maximum absolute atomic E-state index is 11.1. The Kier molecular flexibility index (Phi) is 6.54. The van der Waals surface area contributed by atoms with Crippen LogP contribution in [-0.2, 0) is 40.0 Å². The summed E-state index contributed by atoms with van der Waals surface area (Å²) in [6, 6.07) is 0. The maximum Gasteiger partial charge on any atom is 0.397 e. The van der Waals surface area contributed by atoms with Crippen LogP contribution in [0, 0.1) is 0 Å². The molecule has 0 amide bonds. The molecule has 0 saturated carbocycles. The van der Waals surface area contributed by atoms with E-state index in [4.69, 9.17) is 9.11 Å². The maximum atomic E-state index is 11.1. The summed E-state index contributed by atoms with van der Waals surface area (Å²) in [6.07, 6.45) is 0. The molecule has 0 bridgehead atoms. The Morgan fingerprint density at radius 2 is 1.56 bits per heavy atom. The Hall–Kier alpha value is -0.110.